The number of nitrogens with zero attached hydrogens (tertiary/aromatic N) is 5. The molecule has 0 unspecified atom stereocenters. The van der Waals surface area contributed by atoms with Crippen LogP contribution in [0.3, 0.4) is 0 Å². The molecule has 3 heterocycles. The number of aromatic nitrogens is 4. The van der Waals surface area contributed by atoms with Crippen LogP contribution in [-0.2, 0) is 16.6 Å². The topological polar surface area (TPSA) is 93.0 Å². The summed E-state index contributed by atoms with van der Waals surface area (Å²) in [6, 6.07) is 6.07. The monoisotopic (exact) mass is 434 g/mol. The Labute approximate surface area is 175 Å². The van der Waals surface area contributed by atoms with E-state index >= 15 is 0 Å². The van der Waals surface area contributed by atoms with Crippen molar-refractivity contribution in [2.75, 3.05) is 24.5 Å². The molecule has 1 aliphatic heterocycles. The van der Waals surface area contributed by atoms with Crippen molar-refractivity contribution in [2.45, 2.75) is 37.1 Å². The highest BCUT2D eigenvalue weighted by Gasteiger charge is 2.18. The van der Waals surface area contributed by atoms with E-state index in [0.717, 1.165) is 37.1 Å². The predicted octanol–water partition coefficient (Wildman–Crippen LogP) is 2.84. The fourth-order valence-corrected chi connectivity index (χ4v) is 4.71. The summed E-state index contributed by atoms with van der Waals surface area (Å²) in [6.07, 6.45) is 8.13. The maximum Gasteiger partial charge on any atom is 0.240 e. The molecule has 2 aromatic heterocycles. The predicted molar refractivity (Wildman–Crippen MR) is 113 cm³/mol. The summed E-state index contributed by atoms with van der Waals surface area (Å²) in [4.78, 5) is 11.3. The number of nitrogens with one attached hydrogen (secondary N) is 1. The van der Waals surface area contributed by atoms with Gasteiger partial charge < -0.3 is 4.90 Å². The summed E-state index contributed by atoms with van der Waals surface area (Å²) in [5.74, 6) is 0.907. The Morgan fingerprint density at radius 1 is 1.03 bits per heavy atom. The molecule has 1 saturated heterocycles. The third-order valence-corrected chi connectivity index (χ3v) is 6.79. The second-order valence-electron chi connectivity index (χ2n) is 7.06. The molecule has 1 aromatic carbocycles. The van der Waals surface area contributed by atoms with Crippen molar-refractivity contribution >= 4 is 38.5 Å². The van der Waals surface area contributed by atoms with Crippen LogP contribution in [0.1, 0.15) is 25.7 Å². The molecule has 1 N–H and O–H groups in total. The second kappa shape index (κ2) is 8.64. The first-order chi connectivity index (χ1) is 14.0. The number of halogens is 1. The third kappa shape index (κ3) is 4.52. The van der Waals surface area contributed by atoms with E-state index in [1.165, 1.54) is 25.0 Å². The van der Waals surface area contributed by atoms with Crippen LogP contribution in [-0.4, -0.2) is 47.8 Å². The van der Waals surface area contributed by atoms with Crippen molar-refractivity contribution in [1.29, 1.82) is 0 Å². The standard InChI is InChI=1S/C19H23ClN6O2S/c20-15-5-7-16(8-6-15)29(27,28)24-9-12-26-19-17(13-23-26)18(21-14-22-19)25-10-3-1-2-4-11-25/h5-8,13-14,24H,1-4,9-12H2. The summed E-state index contributed by atoms with van der Waals surface area (Å²) in [7, 11) is -3.60. The van der Waals surface area contributed by atoms with Crippen molar-refractivity contribution < 1.29 is 8.42 Å². The SMILES string of the molecule is O=S(=O)(NCCn1ncc2c(N3CCCCCC3)ncnc21)c1ccc(Cl)cc1. The molecule has 0 aliphatic carbocycles. The van der Waals surface area contributed by atoms with Gasteiger partial charge in [0, 0.05) is 24.7 Å². The number of sulfonamides is 1. The maximum atomic E-state index is 12.4. The van der Waals surface area contributed by atoms with E-state index in [4.69, 9.17) is 11.6 Å². The number of hydrogen-bond donors (Lipinski definition) is 1. The van der Waals surface area contributed by atoms with Gasteiger partial charge in [0.15, 0.2) is 5.65 Å². The molecule has 0 radical (unpaired) electrons. The highest BCUT2D eigenvalue weighted by atomic mass is 35.5. The molecule has 0 saturated carbocycles. The minimum absolute atomic E-state index is 0.179. The Hall–Kier alpha value is -2.23. The van der Waals surface area contributed by atoms with E-state index in [0.29, 0.717) is 17.2 Å². The van der Waals surface area contributed by atoms with Gasteiger partial charge >= 0.3 is 0 Å². The number of rotatable bonds is 6. The molecule has 8 nitrogen and oxygen atoms in total. The van der Waals surface area contributed by atoms with E-state index in [-0.39, 0.29) is 11.4 Å². The average molecular weight is 435 g/mol. The number of fused-ring (bicyclic) bond motifs is 1. The summed E-state index contributed by atoms with van der Waals surface area (Å²) in [5.41, 5.74) is 0.713. The molecule has 4 rings (SSSR count). The molecule has 1 fully saturated rings. The highest BCUT2D eigenvalue weighted by molar-refractivity contribution is 7.89. The molecule has 0 atom stereocenters. The summed E-state index contributed by atoms with van der Waals surface area (Å²) < 4.78 is 29.1. The summed E-state index contributed by atoms with van der Waals surface area (Å²) in [5, 5.41) is 5.80. The molecule has 10 heteroatoms. The van der Waals surface area contributed by atoms with Crippen LogP contribution in [0, 0.1) is 0 Å². The fourth-order valence-electron chi connectivity index (χ4n) is 3.56. The molecular formula is C19H23ClN6O2S. The zero-order valence-electron chi connectivity index (χ0n) is 16.0. The zero-order chi connectivity index (χ0) is 20.3. The Morgan fingerprint density at radius 3 is 2.48 bits per heavy atom. The largest absolute Gasteiger partial charge is 0.356 e. The van der Waals surface area contributed by atoms with Gasteiger partial charge in [0.2, 0.25) is 10.0 Å². The average Bonchev–Trinajstić information content (AvgIpc) is 2.94. The van der Waals surface area contributed by atoms with Crippen LogP contribution < -0.4 is 9.62 Å². The molecule has 0 spiro atoms. The lowest BCUT2D eigenvalue weighted by molar-refractivity contribution is 0.564. The van der Waals surface area contributed by atoms with E-state index in [9.17, 15) is 8.42 Å². The number of benzene rings is 1. The summed E-state index contributed by atoms with van der Waals surface area (Å²) >= 11 is 5.82. The lowest BCUT2D eigenvalue weighted by Gasteiger charge is -2.21. The molecule has 0 amide bonds. The second-order valence-corrected chi connectivity index (χ2v) is 9.26. The van der Waals surface area contributed by atoms with Crippen LogP contribution >= 0.6 is 11.6 Å². The van der Waals surface area contributed by atoms with Crippen LogP contribution in [0.5, 0.6) is 0 Å². The van der Waals surface area contributed by atoms with E-state index < -0.39 is 10.0 Å². The number of hydrogen-bond acceptors (Lipinski definition) is 6. The van der Waals surface area contributed by atoms with Gasteiger partial charge in [-0.1, -0.05) is 24.4 Å². The minimum Gasteiger partial charge on any atom is -0.356 e. The lowest BCUT2D eigenvalue weighted by atomic mass is 10.2. The van der Waals surface area contributed by atoms with Gasteiger partial charge in [-0.05, 0) is 37.1 Å². The van der Waals surface area contributed by atoms with Gasteiger partial charge in [-0.15, -0.1) is 0 Å². The first-order valence-electron chi connectivity index (χ1n) is 9.71. The van der Waals surface area contributed by atoms with Crippen LogP contribution in [0.25, 0.3) is 11.0 Å². The van der Waals surface area contributed by atoms with E-state index in [2.05, 4.69) is 24.7 Å². The van der Waals surface area contributed by atoms with Gasteiger partial charge in [0.05, 0.1) is 23.0 Å². The molecular weight excluding hydrogens is 412 g/mol. The van der Waals surface area contributed by atoms with Crippen LogP contribution in [0.2, 0.25) is 5.02 Å². The Kier molecular flexibility index (Phi) is 5.98. The maximum absolute atomic E-state index is 12.4. The Morgan fingerprint density at radius 2 is 1.76 bits per heavy atom. The fraction of sp³-hybridized carbons (Fsp3) is 0.421. The Bertz CT molecular complexity index is 1080. The first kappa shape index (κ1) is 20.1. The third-order valence-electron chi connectivity index (χ3n) is 5.06. The Balaban J connectivity index is 1.47. The van der Waals surface area contributed by atoms with Gasteiger partial charge in [0.25, 0.3) is 0 Å². The normalized spacial score (nSPS) is 15.6. The van der Waals surface area contributed by atoms with Crippen molar-refractivity contribution in [3.63, 3.8) is 0 Å². The smallest absolute Gasteiger partial charge is 0.240 e. The molecule has 29 heavy (non-hydrogen) atoms. The van der Waals surface area contributed by atoms with Gasteiger partial charge in [-0.2, -0.15) is 5.10 Å². The van der Waals surface area contributed by atoms with E-state index in [1.807, 2.05) is 0 Å². The highest BCUT2D eigenvalue weighted by Crippen LogP contribution is 2.25. The van der Waals surface area contributed by atoms with Gasteiger partial charge in [-0.25, -0.2) is 27.8 Å². The van der Waals surface area contributed by atoms with Gasteiger partial charge in [-0.3, -0.25) is 0 Å². The summed E-state index contributed by atoms with van der Waals surface area (Å²) in [6.45, 7) is 2.54. The lowest BCUT2D eigenvalue weighted by Crippen LogP contribution is -2.28. The number of anilines is 1. The van der Waals surface area contributed by atoms with Crippen molar-refractivity contribution in [3.05, 3.63) is 41.8 Å². The molecule has 154 valence electrons. The van der Waals surface area contributed by atoms with Crippen molar-refractivity contribution in [2.24, 2.45) is 0 Å². The zero-order valence-corrected chi connectivity index (χ0v) is 17.5. The quantitative estimate of drug-likeness (QED) is 0.641. The molecule has 1 aliphatic rings. The van der Waals surface area contributed by atoms with E-state index in [1.54, 1.807) is 29.3 Å². The minimum atomic E-state index is -3.60. The van der Waals surface area contributed by atoms with Gasteiger partial charge in [0.1, 0.15) is 12.1 Å². The molecule has 0 bridgehead atoms. The van der Waals surface area contributed by atoms with Crippen LogP contribution in [0.4, 0.5) is 5.82 Å². The van der Waals surface area contributed by atoms with Crippen molar-refractivity contribution in [3.8, 4) is 0 Å². The van der Waals surface area contributed by atoms with Crippen molar-refractivity contribution in [1.82, 2.24) is 24.5 Å². The first-order valence-corrected chi connectivity index (χ1v) is 11.6. The van der Waals surface area contributed by atoms with Crippen LogP contribution in [0.15, 0.2) is 41.7 Å². The molecule has 3 aromatic rings.